The van der Waals surface area contributed by atoms with E-state index in [1.54, 1.807) is 0 Å². The summed E-state index contributed by atoms with van der Waals surface area (Å²) >= 11 is 0. The zero-order valence-corrected chi connectivity index (χ0v) is 34.9. The monoisotopic (exact) mass is 829 g/mol. The molecule has 0 atom stereocenters. The van der Waals surface area contributed by atoms with Crippen molar-refractivity contribution in [2.24, 2.45) is 0 Å². The summed E-state index contributed by atoms with van der Waals surface area (Å²) in [5, 5.41) is 11.2. The largest absolute Gasteiger partial charge is 0.455 e. The predicted octanol–water partition coefficient (Wildman–Crippen LogP) is 15.3. The molecular formula is C59H35N5O. The van der Waals surface area contributed by atoms with Gasteiger partial charge in [0, 0.05) is 43.7 Å². The Bertz CT molecular complexity index is 4250. The summed E-state index contributed by atoms with van der Waals surface area (Å²) in [5.74, 6) is 1.71. The van der Waals surface area contributed by atoms with E-state index < -0.39 is 0 Å². The van der Waals surface area contributed by atoms with Crippen LogP contribution in [-0.4, -0.2) is 24.1 Å². The minimum atomic E-state index is 0.533. The van der Waals surface area contributed by atoms with E-state index in [9.17, 15) is 0 Å². The second kappa shape index (κ2) is 13.8. The van der Waals surface area contributed by atoms with Gasteiger partial charge in [-0.2, -0.15) is 0 Å². The first kappa shape index (κ1) is 35.7. The highest BCUT2D eigenvalue weighted by Crippen LogP contribution is 2.44. The smallest absolute Gasteiger partial charge is 0.167 e. The van der Waals surface area contributed by atoms with Gasteiger partial charge >= 0.3 is 0 Å². The lowest BCUT2D eigenvalue weighted by atomic mass is 10.0. The zero-order valence-electron chi connectivity index (χ0n) is 34.9. The van der Waals surface area contributed by atoms with Crippen molar-refractivity contribution in [1.29, 1.82) is 0 Å². The Morgan fingerprint density at radius 3 is 1.71 bits per heavy atom. The molecule has 0 spiro atoms. The van der Waals surface area contributed by atoms with Crippen LogP contribution in [0.1, 0.15) is 0 Å². The molecule has 14 rings (SSSR count). The van der Waals surface area contributed by atoms with Gasteiger partial charge in [0.05, 0.1) is 38.7 Å². The normalized spacial score (nSPS) is 12.0. The van der Waals surface area contributed by atoms with Crippen molar-refractivity contribution in [3.63, 3.8) is 0 Å². The van der Waals surface area contributed by atoms with Crippen LogP contribution in [-0.2, 0) is 0 Å². The molecule has 302 valence electrons. The summed E-state index contributed by atoms with van der Waals surface area (Å²) in [6, 6.07) is 74.9. The third kappa shape index (κ3) is 5.31. The van der Waals surface area contributed by atoms with Crippen LogP contribution >= 0.6 is 0 Å². The van der Waals surface area contributed by atoms with E-state index in [1.807, 2.05) is 12.1 Å². The molecule has 10 aromatic carbocycles. The molecule has 65 heavy (non-hydrogen) atoms. The van der Waals surface area contributed by atoms with Gasteiger partial charge < -0.3 is 13.6 Å². The van der Waals surface area contributed by atoms with Gasteiger partial charge in [-0.05, 0) is 82.2 Å². The van der Waals surface area contributed by atoms with Gasteiger partial charge in [0.15, 0.2) is 17.5 Å². The van der Waals surface area contributed by atoms with Crippen molar-refractivity contribution in [1.82, 2.24) is 24.1 Å². The Morgan fingerprint density at radius 1 is 0.323 bits per heavy atom. The van der Waals surface area contributed by atoms with Crippen LogP contribution in [0.2, 0.25) is 0 Å². The SMILES string of the molecule is c1ccc(-n2c3ccccc3c3c(-c4nc(-c5cccc6ccccc56)nc(-c5ccc(-n6c7ccccc7c7cc8ccccc8cc76)c6c5oc5ccccc56)n4)cccc32)cc1. The van der Waals surface area contributed by atoms with Gasteiger partial charge in [-0.3, -0.25) is 0 Å². The van der Waals surface area contributed by atoms with Crippen LogP contribution in [0.5, 0.6) is 0 Å². The number of para-hydroxylation sites is 4. The number of furan rings is 1. The van der Waals surface area contributed by atoms with Crippen molar-refractivity contribution in [3.05, 3.63) is 212 Å². The lowest BCUT2D eigenvalue weighted by Gasteiger charge is -2.14. The summed E-state index contributed by atoms with van der Waals surface area (Å²) in [4.78, 5) is 16.3. The lowest BCUT2D eigenvalue weighted by molar-refractivity contribution is 0.669. The van der Waals surface area contributed by atoms with E-state index >= 15 is 0 Å². The van der Waals surface area contributed by atoms with Crippen LogP contribution in [0, 0.1) is 0 Å². The lowest BCUT2D eigenvalue weighted by Crippen LogP contribution is -2.02. The Labute approximate surface area is 371 Å². The standard InChI is InChI=1S/C59H35N5O/c1-2-20-39(21-3-1)63-49-29-12-9-24-43(49)54-45(27-15-30-50(54)63)58-60-57(42-26-14-19-36-16-6-7-22-40(36)42)61-59(62-58)46-32-33-51(55-44-25-10-13-31-53(44)65-56(46)55)64-48-28-11-8-23-41(48)47-34-37-17-4-5-18-38(37)35-52(47)64/h1-35H. The molecule has 4 heterocycles. The minimum absolute atomic E-state index is 0.533. The number of benzene rings is 10. The molecule has 6 nitrogen and oxygen atoms in total. The molecule has 4 aromatic heterocycles. The highest BCUT2D eigenvalue weighted by Gasteiger charge is 2.25. The van der Waals surface area contributed by atoms with E-state index in [1.165, 1.54) is 21.5 Å². The number of hydrogen-bond acceptors (Lipinski definition) is 4. The fraction of sp³-hybridized carbons (Fsp3) is 0. The summed E-state index contributed by atoms with van der Waals surface area (Å²) in [7, 11) is 0. The Balaban J connectivity index is 1.08. The predicted molar refractivity (Wildman–Crippen MR) is 267 cm³/mol. The van der Waals surface area contributed by atoms with Crippen LogP contribution < -0.4 is 0 Å². The van der Waals surface area contributed by atoms with Gasteiger partial charge in [-0.25, -0.2) is 15.0 Å². The van der Waals surface area contributed by atoms with Crippen molar-refractivity contribution >= 4 is 87.1 Å². The molecule has 0 saturated carbocycles. The van der Waals surface area contributed by atoms with Crippen LogP contribution in [0.25, 0.3) is 133 Å². The molecule has 0 aliphatic carbocycles. The third-order valence-electron chi connectivity index (χ3n) is 13.1. The molecule has 0 amide bonds. The van der Waals surface area contributed by atoms with Gasteiger partial charge in [0.1, 0.15) is 11.2 Å². The van der Waals surface area contributed by atoms with Gasteiger partial charge in [-0.15, -0.1) is 0 Å². The molecule has 0 saturated heterocycles. The molecule has 0 aliphatic rings. The molecule has 0 fully saturated rings. The van der Waals surface area contributed by atoms with Gasteiger partial charge in [0.25, 0.3) is 0 Å². The highest BCUT2D eigenvalue weighted by atomic mass is 16.3. The van der Waals surface area contributed by atoms with E-state index in [0.29, 0.717) is 17.5 Å². The van der Waals surface area contributed by atoms with Crippen molar-refractivity contribution in [2.75, 3.05) is 0 Å². The van der Waals surface area contributed by atoms with E-state index in [-0.39, 0.29) is 0 Å². The summed E-state index contributed by atoms with van der Waals surface area (Å²) in [6.45, 7) is 0. The van der Waals surface area contributed by atoms with Crippen molar-refractivity contribution in [2.45, 2.75) is 0 Å². The zero-order chi connectivity index (χ0) is 42.6. The van der Waals surface area contributed by atoms with E-state index in [2.05, 4.69) is 209 Å². The van der Waals surface area contributed by atoms with Crippen LogP contribution in [0.4, 0.5) is 0 Å². The highest BCUT2D eigenvalue weighted by molar-refractivity contribution is 6.19. The fourth-order valence-corrected chi connectivity index (χ4v) is 10.3. The maximum absolute atomic E-state index is 7.00. The quantitative estimate of drug-likeness (QED) is 0.173. The first-order valence-corrected chi connectivity index (χ1v) is 21.9. The molecule has 0 aliphatic heterocycles. The first-order valence-electron chi connectivity index (χ1n) is 21.9. The van der Waals surface area contributed by atoms with Gasteiger partial charge in [-0.1, -0.05) is 152 Å². The number of nitrogens with zero attached hydrogens (tertiary/aromatic N) is 5. The average molecular weight is 830 g/mol. The van der Waals surface area contributed by atoms with Crippen LogP contribution in [0.3, 0.4) is 0 Å². The Hall–Kier alpha value is -8.87. The average Bonchev–Trinajstić information content (AvgIpc) is 4.03. The minimum Gasteiger partial charge on any atom is -0.455 e. The van der Waals surface area contributed by atoms with Crippen LogP contribution in [0.15, 0.2) is 217 Å². The maximum Gasteiger partial charge on any atom is 0.167 e. The van der Waals surface area contributed by atoms with E-state index in [0.717, 1.165) is 93.6 Å². The molecular weight excluding hydrogens is 795 g/mol. The molecule has 0 radical (unpaired) electrons. The first-order chi connectivity index (χ1) is 32.2. The second-order valence-corrected chi connectivity index (χ2v) is 16.7. The molecule has 0 bridgehead atoms. The third-order valence-corrected chi connectivity index (χ3v) is 13.1. The summed E-state index contributed by atoms with van der Waals surface area (Å²) in [5.41, 5.74) is 10.7. The topological polar surface area (TPSA) is 61.7 Å². The number of fused-ring (bicyclic) bond motifs is 11. The Morgan fingerprint density at radius 2 is 0.892 bits per heavy atom. The molecule has 0 N–H and O–H groups in total. The summed E-state index contributed by atoms with van der Waals surface area (Å²) < 4.78 is 11.7. The van der Waals surface area contributed by atoms with Crippen molar-refractivity contribution in [3.8, 4) is 45.5 Å². The van der Waals surface area contributed by atoms with Crippen molar-refractivity contribution < 1.29 is 4.42 Å². The number of hydrogen-bond donors (Lipinski definition) is 0. The second-order valence-electron chi connectivity index (χ2n) is 16.7. The number of rotatable bonds is 5. The molecule has 6 heteroatoms. The fourth-order valence-electron chi connectivity index (χ4n) is 10.3. The van der Waals surface area contributed by atoms with Gasteiger partial charge in [0.2, 0.25) is 0 Å². The maximum atomic E-state index is 7.00. The molecule has 14 aromatic rings. The number of aromatic nitrogens is 5. The molecule has 0 unspecified atom stereocenters. The van der Waals surface area contributed by atoms with E-state index in [4.69, 9.17) is 19.4 Å². The summed E-state index contributed by atoms with van der Waals surface area (Å²) in [6.07, 6.45) is 0. The Kier molecular flexibility index (Phi) is 7.59.